The zero-order chi connectivity index (χ0) is 7.68. The lowest BCUT2D eigenvalue weighted by Gasteiger charge is -1.88. The first kappa shape index (κ1) is 6.22. The van der Waals surface area contributed by atoms with Gasteiger partial charge in [-0.05, 0) is 12.1 Å². The van der Waals surface area contributed by atoms with Crippen molar-refractivity contribution < 1.29 is 9.47 Å². The molecule has 0 aliphatic rings. The van der Waals surface area contributed by atoms with Crippen molar-refractivity contribution >= 4 is 10.9 Å². The van der Waals surface area contributed by atoms with Gasteiger partial charge in [0, 0.05) is 21.6 Å². The molecule has 1 N–H and O–H groups in total. The van der Waals surface area contributed by atoms with Crippen LogP contribution in [0.5, 0.6) is 5.75 Å². The Hall–Kier alpha value is -1.51. The maximum absolute atomic E-state index is 11.8. The highest BCUT2D eigenvalue weighted by Gasteiger charge is 2.02. The molecule has 2 aromatic rings. The Labute approximate surface area is 62.5 Å². The molecule has 1 aromatic carbocycles. The van der Waals surface area contributed by atoms with Crippen molar-refractivity contribution in [3.05, 3.63) is 30.5 Å². The highest BCUT2D eigenvalue weighted by Crippen LogP contribution is 2.24. The zero-order valence-electron chi connectivity index (χ0n) is 5.67. The van der Waals surface area contributed by atoms with Crippen molar-refractivity contribution in [1.82, 2.24) is 4.98 Å². The van der Waals surface area contributed by atoms with Crippen LogP contribution in [0.4, 0.5) is 4.53 Å². The van der Waals surface area contributed by atoms with E-state index in [0.717, 1.165) is 10.9 Å². The molecule has 0 radical (unpaired) electrons. The zero-order valence-corrected chi connectivity index (χ0v) is 5.67. The Bertz CT molecular complexity index is 369. The normalized spacial score (nSPS) is 10.3. The van der Waals surface area contributed by atoms with Gasteiger partial charge in [0.15, 0.2) is 5.75 Å². The molecule has 1 aromatic heterocycles. The topological polar surface area (TPSA) is 25.0 Å². The lowest BCUT2D eigenvalue weighted by molar-refractivity contribution is -0.00423. The molecule has 0 atom stereocenters. The van der Waals surface area contributed by atoms with Crippen molar-refractivity contribution in [2.75, 3.05) is 0 Å². The maximum Gasteiger partial charge on any atom is 0.197 e. The summed E-state index contributed by atoms with van der Waals surface area (Å²) in [5.74, 6) is 0.237. The van der Waals surface area contributed by atoms with Gasteiger partial charge in [0.25, 0.3) is 0 Å². The van der Waals surface area contributed by atoms with Crippen LogP contribution in [0.15, 0.2) is 30.5 Å². The fourth-order valence-electron chi connectivity index (χ4n) is 1.11. The van der Waals surface area contributed by atoms with Crippen molar-refractivity contribution in [3.8, 4) is 5.75 Å². The number of halogens is 1. The third kappa shape index (κ3) is 0.852. The number of benzene rings is 1. The van der Waals surface area contributed by atoms with Gasteiger partial charge in [0.1, 0.15) is 0 Å². The molecule has 0 saturated heterocycles. The molecule has 0 aliphatic heterocycles. The number of nitrogens with one attached hydrogen (secondary N) is 1. The van der Waals surface area contributed by atoms with Crippen molar-refractivity contribution in [2.45, 2.75) is 0 Å². The maximum atomic E-state index is 11.8. The van der Waals surface area contributed by atoms with E-state index in [2.05, 4.69) is 9.93 Å². The third-order valence-electron chi connectivity index (χ3n) is 1.63. The first-order valence-corrected chi connectivity index (χ1v) is 3.26. The largest absolute Gasteiger partial charge is 0.358 e. The first-order valence-electron chi connectivity index (χ1n) is 3.26. The average Bonchev–Trinajstić information content (AvgIpc) is 2.47. The van der Waals surface area contributed by atoms with E-state index in [1.807, 2.05) is 18.2 Å². The van der Waals surface area contributed by atoms with Crippen molar-refractivity contribution in [2.24, 2.45) is 0 Å². The summed E-state index contributed by atoms with van der Waals surface area (Å²) in [6.07, 6.45) is 1.49. The van der Waals surface area contributed by atoms with E-state index in [-0.39, 0.29) is 5.75 Å². The smallest absolute Gasteiger partial charge is 0.197 e. The molecular weight excluding hydrogens is 145 g/mol. The number of fused-ring (bicyclic) bond motifs is 1. The van der Waals surface area contributed by atoms with E-state index < -0.39 is 0 Å². The van der Waals surface area contributed by atoms with Crippen LogP contribution in [0.25, 0.3) is 10.9 Å². The minimum absolute atomic E-state index is 0.237. The second-order valence-electron chi connectivity index (χ2n) is 2.28. The molecule has 0 unspecified atom stereocenters. The van der Waals surface area contributed by atoms with Gasteiger partial charge in [-0.1, -0.05) is 12.1 Å². The summed E-state index contributed by atoms with van der Waals surface area (Å²) >= 11 is 0. The molecule has 11 heavy (non-hydrogen) atoms. The Morgan fingerprint density at radius 1 is 1.27 bits per heavy atom. The Balaban J connectivity index is 2.76. The van der Waals surface area contributed by atoms with E-state index in [0.29, 0.717) is 0 Å². The van der Waals surface area contributed by atoms with E-state index >= 15 is 0 Å². The molecule has 1 heterocycles. The second kappa shape index (κ2) is 2.27. The molecule has 0 fully saturated rings. The minimum atomic E-state index is 0.237. The van der Waals surface area contributed by atoms with Gasteiger partial charge in [-0.2, -0.15) is 0 Å². The molecule has 0 aliphatic carbocycles. The lowest BCUT2D eigenvalue weighted by atomic mass is 10.2. The number of para-hydroxylation sites is 1. The van der Waals surface area contributed by atoms with Crippen molar-refractivity contribution in [3.63, 3.8) is 0 Å². The Morgan fingerprint density at radius 2 is 2.09 bits per heavy atom. The summed E-state index contributed by atoms with van der Waals surface area (Å²) in [4.78, 5) is 6.51. The number of hydrogen-bond acceptors (Lipinski definition) is 1. The summed E-state index contributed by atoms with van der Waals surface area (Å²) < 4.78 is 11.8. The Kier molecular flexibility index (Phi) is 1.28. The highest BCUT2D eigenvalue weighted by molar-refractivity contribution is 5.85. The predicted octanol–water partition coefficient (Wildman–Crippen LogP) is 2.43. The Morgan fingerprint density at radius 3 is 2.91 bits per heavy atom. The van der Waals surface area contributed by atoms with Crippen LogP contribution >= 0.6 is 0 Å². The van der Waals surface area contributed by atoms with Crippen LogP contribution < -0.4 is 4.94 Å². The average molecular weight is 151 g/mol. The van der Waals surface area contributed by atoms with Crippen LogP contribution in [0, 0.1) is 0 Å². The molecule has 56 valence electrons. The molecular formula is C8H6FNO. The summed E-state index contributed by atoms with van der Waals surface area (Å²) in [6.45, 7) is 0. The van der Waals surface area contributed by atoms with Crippen LogP contribution in [0.2, 0.25) is 0 Å². The molecule has 0 amide bonds. The molecule has 0 spiro atoms. The summed E-state index contributed by atoms with van der Waals surface area (Å²) in [6, 6.07) is 7.36. The van der Waals surface area contributed by atoms with Crippen LogP contribution in [0.3, 0.4) is 0 Å². The standard InChI is InChI=1S/C8H6FNO/c9-11-8-5-10-7-4-2-1-3-6(7)8/h1-5,10H. The monoisotopic (exact) mass is 151 g/mol. The molecule has 0 bridgehead atoms. The van der Waals surface area contributed by atoms with Gasteiger partial charge in [-0.15, -0.1) is 0 Å². The first-order chi connectivity index (χ1) is 5.42. The van der Waals surface area contributed by atoms with E-state index in [4.69, 9.17) is 0 Å². The van der Waals surface area contributed by atoms with Crippen molar-refractivity contribution in [1.29, 1.82) is 0 Å². The summed E-state index contributed by atoms with van der Waals surface area (Å²) in [5.41, 5.74) is 0.875. The van der Waals surface area contributed by atoms with Gasteiger partial charge >= 0.3 is 0 Å². The summed E-state index contributed by atoms with van der Waals surface area (Å²) in [5, 5.41) is 0.759. The number of hydrogen-bond donors (Lipinski definition) is 1. The quantitative estimate of drug-likeness (QED) is 0.665. The number of H-pyrrole nitrogens is 1. The van der Waals surface area contributed by atoms with Crippen LogP contribution in [0.1, 0.15) is 0 Å². The fraction of sp³-hybridized carbons (Fsp3) is 0. The number of rotatable bonds is 1. The molecule has 0 saturated carbocycles. The van der Waals surface area contributed by atoms with Crippen LogP contribution in [-0.4, -0.2) is 4.98 Å². The molecule has 2 nitrogen and oxygen atoms in total. The highest BCUT2D eigenvalue weighted by atomic mass is 19.3. The SMILES string of the molecule is FOc1c[nH]c2ccccc12. The van der Waals surface area contributed by atoms with Gasteiger partial charge in [0.05, 0.1) is 0 Å². The van der Waals surface area contributed by atoms with E-state index in [1.54, 1.807) is 6.07 Å². The summed E-state index contributed by atoms with van der Waals surface area (Å²) in [7, 11) is 0. The minimum Gasteiger partial charge on any atom is -0.358 e. The third-order valence-corrected chi connectivity index (χ3v) is 1.63. The molecule has 3 heteroatoms. The van der Waals surface area contributed by atoms with Gasteiger partial charge in [0.2, 0.25) is 0 Å². The molecule has 2 rings (SSSR count). The van der Waals surface area contributed by atoms with Gasteiger partial charge < -0.3 is 4.98 Å². The lowest BCUT2D eigenvalue weighted by Crippen LogP contribution is -1.70. The van der Waals surface area contributed by atoms with E-state index in [1.165, 1.54) is 6.20 Å². The fourth-order valence-corrected chi connectivity index (χ4v) is 1.11. The van der Waals surface area contributed by atoms with Gasteiger partial charge in [-0.3, -0.25) is 4.94 Å². The van der Waals surface area contributed by atoms with Gasteiger partial charge in [-0.25, -0.2) is 0 Å². The van der Waals surface area contributed by atoms with Crippen LogP contribution in [-0.2, 0) is 0 Å². The van der Waals surface area contributed by atoms with E-state index in [9.17, 15) is 4.53 Å². The number of aromatic amines is 1. The predicted molar refractivity (Wildman–Crippen MR) is 40.0 cm³/mol. The second-order valence-corrected chi connectivity index (χ2v) is 2.28. The number of aromatic nitrogens is 1.